The summed E-state index contributed by atoms with van der Waals surface area (Å²) in [5, 5.41) is 0. The minimum absolute atomic E-state index is 0.162. The zero-order valence-corrected chi connectivity index (χ0v) is 47.2. The molecule has 0 aliphatic carbocycles. The van der Waals surface area contributed by atoms with E-state index in [2.05, 4.69) is 179 Å². The van der Waals surface area contributed by atoms with Crippen LogP contribution in [0.1, 0.15) is 201 Å². The Balaban J connectivity index is 4.77. The molecule has 0 aliphatic rings. The van der Waals surface area contributed by atoms with Crippen LogP contribution in [-0.2, 0) is 28.6 Å². The lowest BCUT2D eigenvalue weighted by Gasteiger charge is -2.18. The molecule has 0 aromatic heterocycles. The average molecular weight is 1030 g/mol. The Bertz CT molecular complexity index is 1760. The summed E-state index contributed by atoms with van der Waals surface area (Å²) >= 11 is 0. The summed E-state index contributed by atoms with van der Waals surface area (Å²) in [4.78, 5) is 38.1. The zero-order valence-electron chi connectivity index (χ0n) is 47.2. The highest BCUT2D eigenvalue weighted by atomic mass is 16.6. The fourth-order valence-electron chi connectivity index (χ4n) is 6.78. The van der Waals surface area contributed by atoms with Crippen LogP contribution < -0.4 is 0 Å². The summed E-state index contributed by atoms with van der Waals surface area (Å²) in [5.41, 5.74) is 0. The van der Waals surface area contributed by atoms with Gasteiger partial charge in [-0.15, -0.1) is 0 Å². The molecule has 0 rings (SSSR count). The molecule has 0 heterocycles. The topological polar surface area (TPSA) is 78.9 Å². The summed E-state index contributed by atoms with van der Waals surface area (Å²) < 4.78 is 16.6. The van der Waals surface area contributed by atoms with Crippen LogP contribution in [0.25, 0.3) is 0 Å². The molecule has 6 heteroatoms. The lowest BCUT2D eigenvalue weighted by atomic mass is 10.2. The van der Waals surface area contributed by atoms with E-state index in [1.165, 1.54) is 51.4 Å². The van der Waals surface area contributed by atoms with Crippen LogP contribution in [0.2, 0.25) is 0 Å². The highest BCUT2D eigenvalue weighted by molar-refractivity contribution is 5.71. The molecule has 0 saturated heterocycles. The van der Waals surface area contributed by atoms with Gasteiger partial charge in [-0.25, -0.2) is 0 Å². The van der Waals surface area contributed by atoms with Gasteiger partial charge in [0, 0.05) is 19.3 Å². The molecule has 0 aromatic carbocycles. The quantitative estimate of drug-likeness (QED) is 0.0261. The Hall–Kier alpha value is -5.75. The van der Waals surface area contributed by atoms with Crippen LogP contribution in [0.3, 0.4) is 0 Å². The minimum Gasteiger partial charge on any atom is -0.462 e. The number of esters is 3. The van der Waals surface area contributed by atoms with E-state index >= 15 is 0 Å². The van der Waals surface area contributed by atoms with E-state index in [1.54, 1.807) is 0 Å². The fourth-order valence-corrected chi connectivity index (χ4v) is 6.78. The van der Waals surface area contributed by atoms with Gasteiger partial charge in [0.25, 0.3) is 0 Å². The number of allylic oxidation sites excluding steroid dienone is 32. The monoisotopic (exact) mass is 1030 g/mol. The fraction of sp³-hybridized carbons (Fsp3) is 0.493. The third kappa shape index (κ3) is 59.0. The first kappa shape index (κ1) is 69.2. The lowest BCUT2D eigenvalue weighted by molar-refractivity contribution is -0.166. The van der Waals surface area contributed by atoms with Gasteiger partial charge in [0.05, 0.1) is 0 Å². The number of ether oxygens (including phenoxy) is 3. The van der Waals surface area contributed by atoms with Crippen LogP contribution in [-0.4, -0.2) is 37.2 Å². The number of carbonyl (C=O) groups is 3. The highest BCUT2D eigenvalue weighted by Gasteiger charge is 2.19. The Kier molecular flexibility index (Phi) is 56.1. The van der Waals surface area contributed by atoms with Crippen molar-refractivity contribution in [3.05, 3.63) is 194 Å². The molecule has 0 N–H and O–H groups in total. The second kappa shape index (κ2) is 60.8. The van der Waals surface area contributed by atoms with E-state index in [4.69, 9.17) is 14.2 Å². The maximum Gasteiger partial charge on any atom is 0.306 e. The van der Waals surface area contributed by atoms with Crippen LogP contribution in [0, 0.1) is 0 Å². The Morgan fingerprint density at radius 3 is 0.760 bits per heavy atom. The Labute approximate surface area is 458 Å². The highest BCUT2D eigenvalue weighted by Crippen LogP contribution is 2.08. The van der Waals surface area contributed by atoms with E-state index in [1.807, 2.05) is 36.5 Å². The first-order chi connectivity index (χ1) is 37.0. The number of rotatable bonds is 49. The predicted molar refractivity (Wildman–Crippen MR) is 324 cm³/mol. The molecule has 6 nitrogen and oxygen atoms in total. The number of hydrogen-bond acceptors (Lipinski definition) is 6. The smallest absolute Gasteiger partial charge is 0.306 e. The van der Waals surface area contributed by atoms with Crippen molar-refractivity contribution in [3.63, 3.8) is 0 Å². The van der Waals surface area contributed by atoms with Gasteiger partial charge in [-0.3, -0.25) is 14.4 Å². The minimum atomic E-state index is -0.892. The second-order valence-electron chi connectivity index (χ2n) is 18.1. The van der Waals surface area contributed by atoms with Crippen LogP contribution in [0.5, 0.6) is 0 Å². The third-order valence-corrected chi connectivity index (χ3v) is 11.1. The van der Waals surface area contributed by atoms with Gasteiger partial charge in [-0.05, 0) is 135 Å². The molecule has 0 bridgehead atoms. The predicted octanol–water partition coefficient (Wildman–Crippen LogP) is 19.9. The SMILES string of the molecule is CC/C=C\C/C=C\C/C=C\C/C=C\C/C=C\C/C=C\CCC(=O)OC(COC(=O)CC/C=C\C/C=C\C/C=C\C/C=C\C/C=C\CCCCC)COC(=O)CC/C=C\C/C=C\C/C=C\C/C=C\C/C=C\CCCCC. The molecule has 414 valence electrons. The molecule has 0 radical (unpaired) electrons. The number of carbonyl (C=O) groups excluding carboxylic acids is 3. The molecular weight excluding hydrogens is 925 g/mol. The van der Waals surface area contributed by atoms with Crippen molar-refractivity contribution in [2.75, 3.05) is 13.2 Å². The average Bonchev–Trinajstić information content (AvgIpc) is 3.41. The molecule has 0 amide bonds. The van der Waals surface area contributed by atoms with Gasteiger partial charge in [-0.1, -0.05) is 241 Å². The summed E-state index contributed by atoms with van der Waals surface area (Å²) in [6.07, 6.45) is 93.1. The van der Waals surface area contributed by atoms with Crippen molar-refractivity contribution in [2.45, 2.75) is 207 Å². The maximum atomic E-state index is 12.8. The normalized spacial score (nSPS) is 13.2. The summed E-state index contributed by atoms with van der Waals surface area (Å²) in [6, 6.07) is 0. The van der Waals surface area contributed by atoms with E-state index < -0.39 is 24.0 Å². The van der Waals surface area contributed by atoms with Crippen LogP contribution >= 0.6 is 0 Å². The first-order valence-electron chi connectivity index (χ1n) is 28.9. The third-order valence-electron chi connectivity index (χ3n) is 11.1. The number of hydrogen-bond donors (Lipinski definition) is 0. The van der Waals surface area contributed by atoms with Crippen molar-refractivity contribution < 1.29 is 28.6 Å². The first-order valence-corrected chi connectivity index (χ1v) is 28.9. The van der Waals surface area contributed by atoms with E-state index in [9.17, 15) is 14.4 Å². The Morgan fingerprint density at radius 1 is 0.280 bits per heavy atom. The number of unbranched alkanes of at least 4 members (excludes halogenated alkanes) is 6. The van der Waals surface area contributed by atoms with Gasteiger partial charge < -0.3 is 14.2 Å². The molecule has 0 fully saturated rings. The second-order valence-corrected chi connectivity index (χ2v) is 18.1. The Morgan fingerprint density at radius 2 is 0.507 bits per heavy atom. The molecule has 0 saturated carbocycles. The van der Waals surface area contributed by atoms with Crippen molar-refractivity contribution in [1.29, 1.82) is 0 Å². The van der Waals surface area contributed by atoms with Crippen molar-refractivity contribution in [3.8, 4) is 0 Å². The van der Waals surface area contributed by atoms with E-state index in [0.29, 0.717) is 19.3 Å². The molecule has 0 unspecified atom stereocenters. The van der Waals surface area contributed by atoms with Gasteiger partial charge in [0.2, 0.25) is 0 Å². The van der Waals surface area contributed by atoms with Gasteiger partial charge in [0.1, 0.15) is 13.2 Å². The summed E-state index contributed by atoms with van der Waals surface area (Å²) in [6.45, 7) is 6.25. The van der Waals surface area contributed by atoms with Gasteiger partial charge in [0.15, 0.2) is 6.10 Å². The zero-order chi connectivity index (χ0) is 54.3. The van der Waals surface area contributed by atoms with Crippen LogP contribution in [0.15, 0.2) is 194 Å². The molecule has 75 heavy (non-hydrogen) atoms. The largest absolute Gasteiger partial charge is 0.462 e. The molecule has 0 atom stereocenters. The summed E-state index contributed by atoms with van der Waals surface area (Å²) in [5.74, 6) is -1.24. The van der Waals surface area contributed by atoms with Crippen LogP contribution in [0.4, 0.5) is 0 Å². The van der Waals surface area contributed by atoms with E-state index in [0.717, 1.165) is 89.9 Å². The van der Waals surface area contributed by atoms with Gasteiger partial charge >= 0.3 is 17.9 Å². The van der Waals surface area contributed by atoms with Crippen molar-refractivity contribution in [2.24, 2.45) is 0 Å². The van der Waals surface area contributed by atoms with Crippen molar-refractivity contribution >= 4 is 17.9 Å². The van der Waals surface area contributed by atoms with E-state index in [-0.39, 0.29) is 32.5 Å². The maximum absolute atomic E-state index is 12.8. The summed E-state index contributed by atoms with van der Waals surface area (Å²) in [7, 11) is 0. The van der Waals surface area contributed by atoms with Crippen molar-refractivity contribution in [1.82, 2.24) is 0 Å². The molecule has 0 aromatic rings. The standard InChI is InChI=1S/C69H102O6/c1-4-7-10-13-16-19-22-25-28-31-34-37-40-43-46-49-52-55-58-61-67(70)73-64-66(75-69(72)63-60-57-54-51-48-45-42-39-36-33-30-27-24-21-18-15-12-9-6-3)65-74-68(71)62-59-56-53-50-47-44-41-38-35-32-29-26-23-20-17-14-11-8-5-2/h9,12,16-21,25-30,34-39,43-48,52-57,66H,4-8,10-11,13-15,22-24,31-33,40-42,49-51,58-65H2,1-3H3/b12-9-,19-16-,20-17-,21-18-,28-25-,29-26-,30-27-,37-34-,38-35-,39-36-,46-43-,47-44-,48-45-,55-52-,56-53-,57-54-. The lowest BCUT2D eigenvalue weighted by Crippen LogP contribution is -2.30. The molecule has 0 aliphatic heterocycles. The molecular formula is C69H102O6. The molecule has 0 spiro atoms. The van der Waals surface area contributed by atoms with Gasteiger partial charge in [-0.2, -0.15) is 0 Å².